The Balaban J connectivity index is 3.97. The molecule has 0 aromatic carbocycles. The molecule has 0 bridgehead atoms. The summed E-state index contributed by atoms with van der Waals surface area (Å²) in [6.07, 6.45) is 3.93. The molecule has 0 aliphatic carbocycles. The number of nitrogens with zero attached hydrogens (tertiary/aromatic N) is 1. The molecule has 17 heavy (non-hydrogen) atoms. The Bertz CT molecular complexity index is 211. The van der Waals surface area contributed by atoms with Gasteiger partial charge in [-0.25, -0.2) is 0 Å². The molecule has 0 saturated carbocycles. The highest BCUT2D eigenvalue weighted by molar-refractivity contribution is 5.79. The summed E-state index contributed by atoms with van der Waals surface area (Å²) in [4.78, 5) is 13.8. The van der Waals surface area contributed by atoms with Crippen LogP contribution < -0.4 is 5.73 Å². The van der Waals surface area contributed by atoms with E-state index in [-0.39, 0.29) is 5.97 Å². The number of methoxy groups -OCH3 is 1. The third-order valence-corrected chi connectivity index (χ3v) is 2.90. The van der Waals surface area contributed by atoms with Crippen LogP contribution in [0.5, 0.6) is 0 Å². The molecule has 0 aliphatic heterocycles. The van der Waals surface area contributed by atoms with E-state index in [0.717, 1.165) is 38.9 Å². The summed E-state index contributed by atoms with van der Waals surface area (Å²) in [7, 11) is 1.38. The Morgan fingerprint density at radius 2 is 1.76 bits per heavy atom. The number of rotatable bonds is 9. The van der Waals surface area contributed by atoms with Gasteiger partial charge in [0.1, 0.15) is 5.54 Å². The molecule has 0 spiro atoms. The lowest BCUT2D eigenvalue weighted by atomic mass is 9.97. The Morgan fingerprint density at radius 1 is 1.24 bits per heavy atom. The van der Waals surface area contributed by atoms with Crippen molar-refractivity contribution in [1.29, 1.82) is 0 Å². The minimum absolute atomic E-state index is 0.324. The Morgan fingerprint density at radius 3 is 2.18 bits per heavy atom. The SMILES string of the molecule is CCCN(CCC)CCCC(C)(N)C(=O)OC. The quantitative estimate of drug-likeness (QED) is 0.628. The number of carbonyl (C=O) groups is 1. The van der Waals surface area contributed by atoms with Gasteiger partial charge in [0.2, 0.25) is 0 Å². The normalized spacial score (nSPS) is 14.7. The standard InChI is InChI=1S/C13H28N2O2/c1-5-9-15(10-6-2)11-7-8-13(3,14)12(16)17-4/h5-11,14H2,1-4H3. The Kier molecular flexibility index (Phi) is 8.17. The van der Waals surface area contributed by atoms with Crippen molar-refractivity contribution < 1.29 is 9.53 Å². The second-order valence-corrected chi connectivity index (χ2v) is 4.85. The monoisotopic (exact) mass is 244 g/mol. The smallest absolute Gasteiger partial charge is 0.325 e. The first-order chi connectivity index (χ1) is 7.97. The maximum absolute atomic E-state index is 11.4. The van der Waals surface area contributed by atoms with Gasteiger partial charge in [-0.1, -0.05) is 13.8 Å². The average molecular weight is 244 g/mol. The highest BCUT2D eigenvalue weighted by Gasteiger charge is 2.28. The van der Waals surface area contributed by atoms with E-state index >= 15 is 0 Å². The summed E-state index contributed by atoms with van der Waals surface area (Å²) in [6.45, 7) is 9.35. The van der Waals surface area contributed by atoms with Crippen LogP contribution in [0.2, 0.25) is 0 Å². The van der Waals surface area contributed by atoms with E-state index in [1.54, 1.807) is 6.92 Å². The predicted molar refractivity (Wildman–Crippen MR) is 70.9 cm³/mol. The van der Waals surface area contributed by atoms with E-state index in [1.165, 1.54) is 7.11 Å². The van der Waals surface area contributed by atoms with E-state index < -0.39 is 5.54 Å². The largest absolute Gasteiger partial charge is 0.468 e. The second kappa shape index (κ2) is 8.48. The van der Waals surface area contributed by atoms with Gasteiger partial charge >= 0.3 is 5.97 Å². The van der Waals surface area contributed by atoms with Crippen LogP contribution >= 0.6 is 0 Å². The summed E-state index contributed by atoms with van der Waals surface area (Å²) in [5.41, 5.74) is 5.06. The molecule has 0 aromatic rings. The zero-order chi connectivity index (χ0) is 13.3. The van der Waals surface area contributed by atoms with Gasteiger partial charge in [0.15, 0.2) is 0 Å². The van der Waals surface area contributed by atoms with Gasteiger partial charge in [-0.2, -0.15) is 0 Å². The van der Waals surface area contributed by atoms with Crippen molar-refractivity contribution in [3.05, 3.63) is 0 Å². The maximum atomic E-state index is 11.4. The number of esters is 1. The average Bonchev–Trinajstić information content (AvgIpc) is 2.28. The van der Waals surface area contributed by atoms with Crippen LogP contribution in [0.15, 0.2) is 0 Å². The topological polar surface area (TPSA) is 55.6 Å². The highest BCUT2D eigenvalue weighted by Crippen LogP contribution is 2.11. The van der Waals surface area contributed by atoms with Crippen LogP contribution in [-0.4, -0.2) is 43.2 Å². The summed E-state index contributed by atoms with van der Waals surface area (Å²) >= 11 is 0. The van der Waals surface area contributed by atoms with Gasteiger partial charge in [0.05, 0.1) is 7.11 Å². The highest BCUT2D eigenvalue weighted by atomic mass is 16.5. The van der Waals surface area contributed by atoms with Crippen molar-refractivity contribution in [2.75, 3.05) is 26.7 Å². The lowest BCUT2D eigenvalue weighted by Crippen LogP contribution is -2.46. The van der Waals surface area contributed by atoms with Gasteiger partial charge < -0.3 is 15.4 Å². The minimum Gasteiger partial charge on any atom is -0.468 e. The van der Waals surface area contributed by atoms with Crippen LogP contribution in [0, 0.1) is 0 Å². The summed E-state index contributed by atoms with van der Waals surface area (Å²) in [6, 6.07) is 0. The lowest BCUT2D eigenvalue weighted by molar-refractivity contribution is -0.146. The van der Waals surface area contributed by atoms with Crippen molar-refractivity contribution in [1.82, 2.24) is 4.90 Å². The lowest BCUT2D eigenvalue weighted by Gasteiger charge is -2.25. The molecule has 0 aliphatic rings. The van der Waals surface area contributed by atoms with Gasteiger partial charge in [0.25, 0.3) is 0 Å². The summed E-state index contributed by atoms with van der Waals surface area (Å²) in [5, 5.41) is 0. The van der Waals surface area contributed by atoms with Crippen molar-refractivity contribution >= 4 is 5.97 Å². The first-order valence-corrected chi connectivity index (χ1v) is 6.57. The van der Waals surface area contributed by atoms with E-state index in [9.17, 15) is 4.79 Å². The molecule has 0 aromatic heterocycles. The molecule has 2 N–H and O–H groups in total. The zero-order valence-electron chi connectivity index (χ0n) is 11.8. The first kappa shape index (κ1) is 16.4. The van der Waals surface area contributed by atoms with Gasteiger partial charge in [0, 0.05) is 0 Å². The fraction of sp³-hybridized carbons (Fsp3) is 0.923. The molecule has 4 heteroatoms. The third-order valence-electron chi connectivity index (χ3n) is 2.90. The number of nitrogens with two attached hydrogens (primary N) is 1. The van der Waals surface area contributed by atoms with Crippen molar-refractivity contribution in [2.45, 2.75) is 52.0 Å². The Hall–Kier alpha value is -0.610. The Labute approximate surface area is 105 Å². The van der Waals surface area contributed by atoms with Crippen molar-refractivity contribution in [3.63, 3.8) is 0 Å². The van der Waals surface area contributed by atoms with Gasteiger partial charge in [-0.15, -0.1) is 0 Å². The molecule has 4 nitrogen and oxygen atoms in total. The zero-order valence-corrected chi connectivity index (χ0v) is 11.8. The molecule has 0 amide bonds. The molecule has 102 valence electrons. The molecule has 0 heterocycles. The number of ether oxygens (including phenoxy) is 1. The molecule has 0 saturated heterocycles. The molecule has 0 rings (SSSR count). The second-order valence-electron chi connectivity index (χ2n) is 4.85. The maximum Gasteiger partial charge on any atom is 0.325 e. The fourth-order valence-corrected chi connectivity index (χ4v) is 1.97. The van der Waals surface area contributed by atoms with Crippen LogP contribution in [0.1, 0.15) is 46.5 Å². The van der Waals surface area contributed by atoms with Gasteiger partial charge in [-0.05, 0) is 52.2 Å². The van der Waals surface area contributed by atoms with Crippen LogP contribution in [0.25, 0.3) is 0 Å². The molecular formula is C13H28N2O2. The van der Waals surface area contributed by atoms with E-state index in [1.807, 2.05) is 0 Å². The molecule has 0 radical (unpaired) electrons. The summed E-state index contributed by atoms with van der Waals surface area (Å²) < 4.78 is 4.69. The number of hydrogen-bond acceptors (Lipinski definition) is 4. The first-order valence-electron chi connectivity index (χ1n) is 6.57. The molecule has 1 unspecified atom stereocenters. The van der Waals surface area contributed by atoms with Crippen molar-refractivity contribution in [2.24, 2.45) is 5.73 Å². The van der Waals surface area contributed by atoms with E-state index in [2.05, 4.69) is 23.5 Å². The number of hydrogen-bond donors (Lipinski definition) is 1. The van der Waals surface area contributed by atoms with Crippen LogP contribution in [0.3, 0.4) is 0 Å². The van der Waals surface area contributed by atoms with E-state index in [4.69, 9.17) is 5.73 Å². The van der Waals surface area contributed by atoms with Crippen LogP contribution in [0.4, 0.5) is 0 Å². The van der Waals surface area contributed by atoms with Gasteiger partial charge in [-0.3, -0.25) is 4.79 Å². The molecule has 0 fully saturated rings. The molecular weight excluding hydrogens is 216 g/mol. The number of carbonyl (C=O) groups excluding carboxylic acids is 1. The van der Waals surface area contributed by atoms with Crippen molar-refractivity contribution in [3.8, 4) is 0 Å². The van der Waals surface area contributed by atoms with Crippen LogP contribution in [-0.2, 0) is 9.53 Å². The predicted octanol–water partition coefficient (Wildman–Crippen LogP) is 1.78. The third kappa shape index (κ3) is 6.64. The fourth-order valence-electron chi connectivity index (χ4n) is 1.97. The molecule has 1 atom stereocenters. The van der Waals surface area contributed by atoms with E-state index in [0.29, 0.717) is 6.42 Å². The minimum atomic E-state index is -0.848. The summed E-state index contributed by atoms with van der Waals surface area (Å²) in [5.74, 6) is -0.324.